The van der Waals surface area contributed by atoms with Gasteiger partial charge in [-0.25, -0.2) is 9.59 Å². The van der Waals surface area contributed by atoms with Crippen LogP contribution in [0.15, 0.2) is 36.4 Å². The second-order valence-electron chi connectivity index (χ2n) is 10.8. The van der Waals surface area contributed by atoms with Crippen molar-refractivity contribution in [2.75, 3.05) is 24.2 Å². The highest BCUT2D eigenvalue weighted by Gasteiger charge is 2.29. The Labute approximate surface area is 262 Å². The van der Waals surface area contributed by atoms with Gasteiger partial charge in [-0.05, 0) is 70.0 Å². The lowest BCUT2D eigenvalue weighted by Crippen LogP contribution is -2.16. The zero-order chi connectivity index (χ0) is 33.0. The molecule has 0 unspecified atom stereocenters. The van der Waals surface area contributed by atoms with Gasteiger partial charge in [0.25, 0.3) is 5.91 Å². The van der Waals surface area contributed by atoms with E-state index in [4.69, 9.17) is 28.0 Å². The lowest BCUT2D eigenvalue weighted by molar-refractivity contribution is -0.0304. The quantitative estimate of drug-likeness (QED) is 0.0595. The van der Waals surface area contributed by atoms with Gasteiger partial charge in [0.2, 0.25) is 13.6 Å². The van der Waals surface area contributed by atoms with Crippen molar-refractivity contribution in [3.63, 3.8) is 0 Å². The molecule has 13 nitrogen and oxygen atoms in total. The van der Waals surface area contributed by atoms with Crippen molar-refractivity contribution in [3.05, 3.63) is 53.1 Å². The number of carbonyl (C=O) groups is 4. The van der Waals surface area contributed by atoms with E-state index in [-0.39, 0.29) is 17.5 Å². The van der Waals surface area contributed by atoms with Crippen molar-refractivity contribution >= 4 is 48.7 Å². The Morgan fingerprint density at radius 1 is 0.778 bits per heavy atom. The fourth-order valence-electron chi connectivity index (χ4n) is 4.22. The van der Waals surface area contributed by atoms with Crippen molar-refractivity contribution in [1.29, 1.82) is 0 Å². The molecule has 3 rings (SSSR count). The van der Waals surface area contributed by atoms with Crippen LogP contribution in [0.1, 0.15) is 93.0 Å². The van der Waals surface area contributed by atoms with E-state index < -0.39 is 51.6 Å². The van der Waals surface area contributed by atoms with Gasteiger partial charge in [-0.15, -0.1) is 0 Å². The maximum atomic E-state index is 13.6. The fraction of sp³-hybridized carbons (Fsp3) is 0.484. The van der Waals surface area contributed by atoms with Crippen LogP contribution in [0.3, 0.4) is 0 Å². The number of hydrogen-bond donors (Lipinski definition) is 2. The molecule has 246 valence electrons. The number of ether oxygens (including phenoxy) is 4. The molecular weight excluding hydrogens is 607 g/mol. The summed E-state index contributed by atoms with van der Waals surface area (Å²) in [5.74, 6) is -0.451. The molecule has 2 aromatic carbocycles. The largest absolute Gasteiger partial charge is 0.510 e. The summed E-state index contributed by atoms with van der Waals surface area (Å²) < 4.78 is 43.6. The van der Waals surface area contributed by atoms with Gasteiger partial charge in [0.15, 0.2) is 5.78 Å². The Balaban J connectivity index is 1.74. The predicted octanol–water partition coefficient (Wildman–Crippen LogP) is 7.91. The monoisotopic (exact) mass is 648 g/mol. The van der Waals surface area contributed by atoms with E-state index in [0.717, 1.165) is 25.7 Å². The molecule has 1 aliphatic rings. The third-order valence-corrected chi connectivity index (χ3v) is 8.09. The second-order valence-corrected chi connectivity index (χ2v) is 12.9. The summed E-state index contributed by atoms with van der Waals surface area (Å²) in [6, 6.07) is 9.86. The molecule has 0 saturated carbocycles. The highest BCUT2D eigenvalue weighted by atomic mass is 31.2. The molecule has 14 heteroatoms. The van der Waals surface area contributed by atoms with E-state index in [1.165, 1.54) is 6.07 Å². The fourth-order valence-corrected chi connectivity index (χ4v) is 5.55. The first-order chi connectivity index (χ1) is 21.4. The summed E-state index contributed by atoms with van der Waals surface area (Å²) in [5.41, 5.74) is 2.64. The number of nitrogens with one attached hydrogen (secondary N) is 2. The number of amides is 1. The van der Waals surface area contributed by atoms with E-state index >= 15 is 0 Å². The normalized spacial score (nSPS) is 12.4. The number of fused-ring (bicyclic) bond motifs is 2. The van der Waals surface area contributed by atoms with Gasteiger partial charge >= 0.3 is 19.9 Å². The van der Waals surface area contributed by atoms with Crippen LogP contribution < -0.4 is 10.6 Å². The molecule has 0 radical (unpaired) electrons. The molecule has 1 amide bonds. The lowest BCUT2D eigenvalue weighted by atomic mass is 10.0. The van der Waals surface area contributed by atoms with Crippen LogP contribution in [-0.2, 0) is 38.7 Å². The Bertz CT molecular complexity index is 1380. The van der Waals surface area contributed by atoms with Gasteiger partial charge < -0.3 is 29.6 Å². The van der Waals surface area contributed by atoms with E-state index in [9.17, 15) is 23.7 Å². The highest BCUT2D eigenvalue weighted by molar-refractivity contribution is 7.53. The molecule has 0 atom stereocenters. The van der Waals surface area contributed by atoms with Crippen LogP contribution >= 0.6 is 7.60 Å². The number of unbranched alkanes of at least 4 members (excludes halogenated alkanes) is 3. The number of carbonyl (C=O) groups excluding carboxylic acids is 4. The maximum Gasteiger partial charge on any atom is 0.510 e. The zero-order valence-corrected chi connectivity index (χ0v) is 27.1. The summed E-state index contributed by atoms with van der Waals surface area (Å²) in [5, 5.41) is 6.04. The number of Topliss-reactive ketones (excluding diaryl/α,β-unsaturated/α-hetero) is 1. The minimum atomic E-state index is -4.13. The van der Waals surface area contributed by atoms with Crippen molar-refractivity contribution in [2.45, 2.75) is 85.1 Å². The molecule has 0 aliphatic carbocycles. The molecule has 0 spiro atoms. The van der Waals surface area contributed by atoms with Gasteiger partial charge in [0.05, 0.1) is 41.0 Å². The van der Waals surface area contributed by atoms with E-state index in [2.05, 4.69) is 17.6 Å². The Kier molecular flexibility index (Phi) is 13.4. The van der Waals surface area contributed by atoms with Crippen LogP contribution in [0.2, 0.25) is 0 Å². The van der Waals surface area contributed by atoms with Gasteiger partial charge in [0.1, 0.15) is 0 Å². The van der Waals surface area contributed by atoms with Crippen LogP contribution in [0.25, 0.3) is 0 Å². The predicted molar refractivity (Wildman–Crippen MR) is 166 cm³/mol. The minimum absolute atomic E-state index is 0.00541. The molecule has 0 saturated heterocycles. The first-order valence-corrected chi connectivity index (χ1v) is 16.6. The maximum absolute atomic E-state index is 13.6. The van der Waals surface area contributed by atoms with Gasteiger partial charge in [-0.1, -0.05) is 32.3 Å². The summed E-state index contributed by atoms with van der Waals surface area (Å²) >= 11 is 0. The average molecular weight is 649 g/mol. The molecule has 0 aromatic heterocycles. The van der Waals surface area contributed by atoms with Crippen molar-refractivity contribution in [1.82, 2.24) is 0 Å². The molecular formula is C31H41N2O11P. The van der Waals surface area contributed by atoms with Crippen LogP contribution in [0.4, 0.5) is 26.7 Å². The number of hydrogen-bond acceptors (Lipinski definition) is 12. The molecule has 45 heavy (non-hydrogen) atoms. The Morgan fingerprint density at radius 3 is 2.00 bits per heavy atom. The molecule has 2 N–H and O–H groups in total. The topological polar surface area (TPSA) is 165 Å². The zero-order valence-electron chi connectivity index (χ0n) is 26.2. The molecule has 0 bridgehead atoms. The third kappa shape index (κ3) is 11.5. The number of ketones is 1. The minimum Gasteiger partial charge on any atom is -0.432 e. The van der Waals surface area contributed by atoms with Crippen molar-refractivity contribution < 1.29 is 51.7 Å². The third-order valence-electron chi connectivity index (χ3n) is 6.34. The molecule has 1 aliphatic heterocycles. The summed E-state index contributed by atoms with van der Waals surface area (Å²) in [7, 11) is -4.13. The van der Waals surface area contributed by atoms with Gasteiger partial charge in [-0.2, -0.15) is 0 Å². The van der Waals surface area contributed by atoms with Crippen molar-refractivity contribution in [2.24, 2.45) is 0 Å². The van der Waals surface area contributed by atoms with E-state index in [0.29, 0.717) is 34.6 Å². The molecule has 2 aromatic rings. The van der Waals surface area contributed by atoms with Gasteiger partial charge in [0, 0.05) is 12.0 Å². The van der Waals surface area contributed by atoms with Crippen LogP contribution in [0.5, 0.6) is 0 Å². The van der Waals surface area contributed by atoms with E-state index in [1.807, 2.05) is 0 Å². The first-order valence-electron chi connectivity index (χ1n) is 14.8. The smallest absolute Gasteiger partial charge is 0.432 e. The molecule has 0 fully saturated rings. The van der Waals surface area contributed by atoms with Crippen molar-refractivity contribution in [3.8, 4) is 0 Å². The summed E-state index contributed by atoms with van der Waals surface area (Å²) in [6.07, 6.45) is 1.03. The SMILES string of the molecule is CCCCCCC(=O)c1ccc2c(c1)NC(=O)c1cc(CP(=O)(OCOC(=O)OC(C)C)OCOC(=O)OC(C)C)ccc1N2. The number of benzene rings is 2. The van der Waals surface area contributed by atoms with E-state index in [1.54, 1.807) is 58.0 Å². The van der Waals surface area contributed by atoms with Crippen LogP contribution in [0, 0.1) is 0 Å². The molecule has 1 heterocycles. The van der Waals surface area contributed by atoms with Crippen LogP contribution in [-0.4, -0.2) is 49.8 Å². The van der Waals surface area contributed by atoms with Gasteiger partial charge in [-0.3, -0.25) is 23.2 Å². The second kappa shape index (κ2) is 17.0. The number of anilines is 3. The lowest BCUT2D eigenvalue weighted by Gasteiger charge is -2.19. The Hall–Kier alpha value is -3.93. The standard InChI is InChI=1S/C31H41N2O11P/c1-6-7-8-9-10-28(34)23-12-14-26-27(16-23)33-29(35)24-15-22(11-13-25(24)32-26)17-45(38,41-18-39-30(36)43-20(2)3)42-19-40-31(37)44-21(4)5/h11-16,20-21,32H,6-10,17-19H2,1-5H3,(H,33,35). The summed E-state index contributed by atoms with van der Waals surface area (Å²) in [6.45, 7) is 7.06. The number of rotatable bonds is 16. The summed E-state index contributed by atoms with van der Waals surface area (Å²) in [4.78, 5) is 49.5. The average Bonchev–Trinajstić information content (AvgIpc) is 3.09. The Morgan fingerprint density at radius 2 is 1.40 bits per heavy atom. The first kappa shape index (κ1) is 35.5. The highest BCUT2D eigenvalue weighted by Crippen LogP contribution is 2.52.